The Morgan fingerprint density at radius 1 is 1.27 bits per heavy atom. The summed E-state index contributed by atoms with van der Waals surface area (Å²) in [5.74, 6) is 0.229. The number of benzene rings is 1. The lowest BCUT2D eigenvalue weighted by Gasteiger charge is -2.01. The van der Waals surface area contributed by atoms with Gasteiger partial charge in [0.2, 0.25) is 5.91 Å². The zero-order valence-corrected chi connectivity index (χ0v) is 12.4. The van der Waals surface area contributed by atoms with E-state index in [1.165, 1.54) is 17.4 Å². The van der Waals surface area contributed by atoms with Crippen LogP contribution in [-0.2, 0) is 17.8 Å². The first-order valence-corrected chi connectivity index (χ1v) is 7.59. The second kappa shape index (κ2) is 6.53. The van der Waals surface area contributed by atoms with Gasteiger partial charge in [-0.15, -0.1) is 11.3 Å². The summed E-state index contributed by atoms with van der Waals surface area (Å²) in [5.41, 5.74) is 0.998. The maximum absolute atomic E-state index is 13.7. The molecule has 2 heterocycles. The standard InChI is InChI=1S/C16H13FN2O2S/c17-13-6-2-1-5-12(13)14-10-22-16(19-14)8-15(20)18-9-11-4-3-7-21-11/h1-7,10H,8-9H2,(H,18,20). The highest BCUT2D eigenvalue weighted by Crippen LogP contribution is 2.24. The van der Waals surface area contributed by atoms with Crippen LogP contribution in [0.5, 0.6) is 0 Å². The van der Waals surface area contributed by atoms with Crippen LogP contribution in [0.1, 0.15) is 10.8 Å². The molecule has 6 heteroatoms. The van der Waals surface area contributed by atoms with Gasteiger partial charge in [-0.3, -0.25) is 4.79 Å². The molecule has 0 aliphatic rings. The molecule has 112 valence electrons. The summed E-state index contributed by atoms with van der Waals surface area (Å²) in [6.45, 7) is 0.345. The summed E-state index contributed by atoms with van der Waals surface area (Å²) in [7, 11) is 0. The number of hydrogen-bond acceptors (Lipinski definition) is 4. The lowest BCUT2D eigenvalue weighted by atomic mass is 10.1. The van der Waals surface area contributed by atoms with Crippen molar-refractivity contribution in [3.8, 4) is 11.3 Å². The lowest BCUT2D eigenvalue weighted by molar-refractivity contribution is -0.120. The van der Waals surface area contributed by atoms with Gasteiger partial charge in [-0.25, -0.2) is 9.37 Å². The quantitative estimate of drug-likeness (QED) is 0.785. The number of thiazole rings is 1. The first-order chi connectivity index (χ1) is 10.7. The predicted octanol–water partition coefficient (Wildman–Crippen LogP) is 3.40. The average Bonchev–Trinajstić information content (AvgIpc) is 3.17. The summed E-state index contributed by atoms with van der Waals surface area (Å²) in [5, 5.41) is 5.16. The van der Waals surface area contributed by atoms with E-state index in [1.54, 1.807) is 42.0 Å². The van der Waals surface area contributed by atoms with Crippen LogP contribution in [0.15, 0.2) is 52.5 Å². The van der Waals surface area contributed by atoms with Gasteiger partial charge in [-0.1, -0.05) is 12.1 Å². The molecule has 1 amide bonds. The van der Waals surface area contributed by atoms with Crippen LogP contribution in [0.2, 0.25) is 0 Å². The van der Waals surface area contributed by atoms with Crippen molar-refractivity contribution in [1.29, 1.82) is 0 Å². The van der Waals surface area contributed by atoms with Gasteiger partial charge in [-0.2, -0.15) is 0 Å². The Hall–Kier alpha value is -2.47. The molecule has 0 saturated heterocycles. The van der Waals surface area contributed by atoms with Gasteiger partial charge < -0.3 is 9.73 Å². The largest absolute Gasteiger partial charge is 0.467 e. The molecule has 3 aromatic rings. The molecule has 0 fully saturated rings. The number of rotatable bonds is 5. The third kappa shape index (κ3) is 3.40. The Balaban J connectivity index is 1.62. The fraction of sp³-hybridized carbons (Fsp3) is 0.125. The highest BCUT2D eigenvalue weighted by molar-refractivity contribution is 7.10. The lowest BCUT2D eigenvalue weighted by Crippen LogP contribution is -2.24. The van der Waals surface area contributed by atoms with Crippen molar-refractivity contribution in [1.82, 2.24) is 10.3 Å². The molecule has 0 bridgehead atoms. The molecule has 3 rings (SSSR count). The number of aromatic nitrogens is 1. The zero-order chi connectivity index (χ0) is 15.4. The van der Waals surface area contributed by atoms with Crippen molar-refractivity contribution in [2.24, 2.45) is 0 Å². The van der Waals surface area contributed by atoms with Gasteiger partial charge in [0.05, 0.1) is 24.9 Å². The topological polar surface area (TPSA) is 55.1 Å². The van der Waals surface area contributed by atoms with E-state index in [1.807, 2.05) is 0 Å². The molecule has 0 spiro atoms. The van der Waals surface area contributed by atoms with Crippen LogP contribution in [-0.4, -0.2) is 10.9 Å². The molecule has 2 aromatic heterocycles. The molecule has 1 aromatic carbocycles. The normalized spacial score (nSPS) is 10.6. The first kappa shape index (κ1) is 14.5. The number of nitrogens with one attached hydrogen (secondary N) is 1. The van der Waals surface area contributed by atoms with Crippen LogP contribution in [0, 0.1) is 5.82 Å². The molecule has 22 heavy (non-hydrogen) atoms. The molecular formula is C16H13FN2O2S. The summed E-state index contributed by atoms with van der Waals surface area (Å²) < 4.78 is 18.8. The van der Waals surface area contributed by atoms with Gasteiger partial charge in [0.1, 0.15) is 16.6 Å². The maximum Gasteiger partial charge on any atom is 0.227 e. The molecule has 0 saturated carbocycles. The van der Waals surface area contributed by atoms with Gasteiger partial charge in [0.25, 0.3) is 0 Å². The number of carbonyl (C=O) groups excluding carboxylic acids is 1. The predicted molar refractivity (Wildman–Crippen MR) is 81.8 cm³/mol. The van der Waals surface area contributed by atoms with E-state index in [0.29, 0.717) is 28.6 Å². The number of halogens is 1. The second-order valence-electron chi connectivity index (χ2n) is 4.64. The third-order valence-corrected chi connectivity index (χ3v) is 3.90. The Morgan fingerprint density at radius 2 is 2.14 bits per heavy atom. The van der Waals surface area contributed by atoms with Crippen LogP contribution in [0.3, 0.4) is 0 Å². The molecule has 0 radical (unpaired) electrons. The van der Waals surface area contributed by atoms with Crippen molar-refractivity contribution in [2.75, 3.05) is 0 Å². The van der Waals surface area contributed by atoms with Gasteiger partial charge in [-0.05, 0) is 24.3 Å². The maximum atomic E-state index is 13.7. The van der Waals surface area contributed by atoms with Crippen LogP contribution < -0.4 is 5.32 Å². The van der Waals surface area contributed by atoms with Crippen LogP contribution >= 0.6 is 11.3 Å². The molecular weight excluding hydrogens is 303 g/mol. The van der Waals surface area contributed by atoms with Crippen molar-refractivity contribution in [2.45, 2.75) is 13.0 Å². The van der Waals surface area contributed by atoms with E-state index in [4.69, 9.17) is 4.42 Å². The Labute approximate surface area is 130 Å². The van der Waals surface area contributed by atoms with Gasteiger partial charge in [0, 0.05) is 10.9 Å². The molecule has 4 nitrogen and oxygen atoms in total. The number of furan rings is 1. The van der Waals surface area contributed by atoms with E-state index in [9.17, 15) is 9.18 Å². The SMILES string of the molecule is O=C(Cc1nc(-c2ccccc2F)cs1)NCc1ccco1. The van der Waals surface area contributed by atoms with Gasteiger partial charge in [0.15, 0.2) is 0 Å². The van der Waals surface area contributed by atoms with Crippen LogP contribution in [0.4, 0.5) is 4.39 Å². The molecule has 0 atom stereocenters. The van der Waals surface area contributed by atoms with Gasteiger partial charge >= 0.3 is 0 Å². The van der Waals surface area contributed by atoms with Crippen LogP contribution in [0.25, 0.3) is 11.3 Å². The zero-order valence-electron chi connectivity index (χ0n) is 11.6. The second-order valence-corrected chi connectivity index (χ2v) is 5.58. The van der Waals surface area contributed by atoms with E-state index in [0.717, 1.165) is 0 Å². The van der Waals surface area contributed by atoms with E-state index < -0.39 is 0 Å². The van der Waals surface area contributed by atoms with E-state index >= 15 is 0 Å². The monoisotopic (exact) mass is 316 g/mol. The van der Waals surface area contributed by atoms with Crippen molar-refractivity contribution in [3.63, 3.8) is 0 Å². The highest BCUT2D eigenvalue weighted by Gasteiger charge is 2.11. The van der Waals surface area contributed by atoms with E-state index in [2.05, 4.69) is 10.3 Å². The molecule has 0 aliphatic heterocycles. The summed E-state index contributed by atoms with van der Waals surface area (Å²) in [6, 6.07) is 10.0. The number of carbonyl (C=O) groups is 1. The van der Waals surface area contributed by atoms with Crippen molar-refractivity contribution >= 4 is 17.2 Å². The summed E-state index contributed by atoms with van der Waals surface area (Å²) in [4.78, 5) is 16.2. The minimum absolute atomic E-state index is 0.147. The minimum atomic E-state index is -0.318. The highest BCUT2D eigenvalue weighted by atomic mass is 32.1. The van der Waals surface area contributed by atoms with E-state index in [-0.39, 0.29) is 18.1 Å². The number of hydrogen-bond donors (Lipinski definition) is 1. The molecule has 1 N–H and O–H groups in total. The molecule has 0 unspecified atom stereocenters. The number of amides is 1. The minimum Gasteiger partial charge on any atom is -0.467 e. The summed E-state index contributed by atoms with van der Waals surface area (Å²) in [6.07, 6.45) is 1.73. The Bertz CT molecular complexity index is 768. The Morgan fingerprint density at radius 3 is 2.91 bits per heavy atom. The summed E-state index contributed by atoms with van der Waals surface area (Å²) >= 11 is 1.34. The Kier molecular flexibility index (Phi) is 4.29. The molecule has 0 aliphatic carbocycles. The fourth-order valence-electron chi connectivity index (χ4n) is 1.98. The first-order valence-electron chi connectivity index (χ1n) is 6.71. The average molecular weight is 316 g/mol. The third-order valence-electron chi connectivity index (χ3n) is 3.05. The van der Waals surface area contributed by atoms with Crippen molar-refractivity contribution < 1.29 is 13.6 Å². The fourth-order valence-corrected chi connectivity index (χ4v) is 2.78. The smallest absolute Gasteiger partial charge is 0.227 e. The van der Waals surface area contributed by atoms with Crippen molar-refractivity contribution in [3.05, 3.63) is 64.6 Å². The number of nitrogens with zero attached hydrogens (tertiary/aromatic N) is 1.